The van der Waals surface area contributed by atoms with Crippen LogP contribution in [-0.2, 0) is 0 Å². The summed E-state index contributed by atoms with van der Waals surface area (Å²) >= 11 is 0. The van der Waals surface area contributed by atoms with Crippen LogP contribution in [0.4, 0.5) is 5.88 Å². The normalized spacial score (nSPS) is 21.0. The third kappa shape index (κ3) is 1.90. The van der Waals surface area contributed by atoms with Gasteiger partial charge in [-0.25, -0.2) is 4.98 Å². The molecule has 17 heavy (non-hydrogen) atoms. The van der Waals surface area contributed by atoms with Crippen molar-refractivity contribution in [3.8, 4) is 6.07 Å². The minimum Gasteiger partial charge on any atom is -0.423 e. The predicted octanol–water partition coefficient (Wildman–Crippen LogP) is 2.80. The lowest BCUT2D eigenvalue weighted by Crippen LogP contribution is -2.29. The van der Waals surface area contributed by atoms with E-state index < -0.39 is 0 Å². The summed E-state index contributed by atoms with van der Waals surface area (Å²) in [7, 11) is 0. The molecule has 1 aromatic heterocycles. The summed E-state index contributed by atoms with van der Waals surface area (Å²) in [5.41, 5.74) is 0.480. The molecule has 1 aromatic rings. The molecule has 0 N–H and O–H groups in total. The molecule has 2 aliphatic rings. The lowest BCUT2D eigenvalue weighted by atomic mass is 9.85. The number of nitrogens with zero attached hydrogens (tertiary/aromatic N) is 3. The summed E-state index contributed by atoms with van der Waals surface area (Å²) in [5.74, 6) is 1.96. The van der Waals surface area contributed by atoms with Gasteiger partial charge in [-0.15, -0.1) is 0 Å². The second-order valence-corrected chi connectivity index (χ2v) is 4.99. The van der Waals surface area contributed by atoms with E-state index in [0.29, 0.717) is 17.5 Å². The molecule has 0 unspecified atom stereocenters. The summed E-state index contributed by atoms with van der Waals surface area (Å²) in [4.78, 5) is 6.53. The van der Waals surface area contributed by atoms with Gasteiger partial charge < -0.3 is 9.32 Å². The Morgan fingerprint density at radius 3 is 2.53 bits per heavy atom. The van der Waals surface area contributed by atoms with Crippen LogP contribution in [0.5, 0.6) is 0 Å². The van der Waals surface area contributed by atoms with Gasteiger partial charge >= 0.3 is 0 Å². The van der Waals surface area contributed by atoms with Crippen molar-refractivity contribution in [3.05, 3.63) is 11.6 Å². The van der Waals surface area contributed by atoms with E-state index in [1.807, 2.05) is 0 Å². The van der Waals surface area contributed by atoms with Gasteiger partial charge in [0.25, 0.3) is 0 Å². The molecule has 4 heteroatoms. The summed E-state index contributed by atoms with van der Waals surface area (Å²) in [6.45, 7) is 1.99. The maximum atomic E-state index is 9.14. The van der Waals surface area contributed by atoms with Gasteiger partial charge in [0, 0.05) is 19.0 Å². The molecule has 1 aliphatic carbocycles. The van der Waals surface area contributed by atoms with Crippen LogP contribution in [0.15, 0.2) is 4.42 Å². The highest BCUT2D eigenvalue weighted by atomic mass is 16.4. The highest BCUT2D eigenvalue weighted by molar-refractivity contribution is 5.48. The first-order chi connectivity index (χ1) is 8.38. The monoisotopic (exact) mass is 231 g/mol. The van der Waals surface area contributed by atoms with E-state index in [9.17, 15) is 0 Å². The van der Waals surface area contributed by atoms with Crippen LogP contribution in [-0.4, -0.2) is 18.1 Å². The van der Waals surface area contributed by atoms with Crippen LogP contribution < -0.4 is 4.90 Å². The van der Waals surface area contributed by atoms with Crippen LogP contribution in [0, 0.1) is 11.3 Å². The fraction of sp³-hybridized carbons (Fsp3) is 0.692. The first-order valence-corrected chi connectivity index (χ1v) is 6.54. The number of hydrogen-bond acceptors (Lipinski definition) is 4. The highest BCUT2D eigenvalue weighted by Gasteiger charge is 2.28. The van der Waals surface area contributed by atoms with Gasteiger partial charge in [0.1, 0.15) is 6.07 Å². The largest absolute Gasteiger partial charge is 0.423 e. The standard InChI is InChI=1S/C13H17N3O/c14-9-11-13(16-7-2-1-3-8-16)17-12(15-11)10-5-4-6-10/h10H,1-8H2. The number of oxazole rings is 1. The van der Waals surface area contributed by atoms with Crippen molar-refractivity contribution in [3.63, 3.8) is 0 Å². The van der Waals surface area contributed by atoms with Crippen LogP contribution in [0.25, 0.3) is 0 Å². The molecule has 3 rings (SSSR count). The quantitative estimate of drug-likeness (QED) is 0.785. The van der Waals surface area contributed by atoms with E-state index in [2.05, 4.69) is 16.0 Å². The first kappa shape index (κ1) is 10.6. The Bertz CT molecular complexity index is 436. The van der Waals surface area contributed by atoms with E-state index in [1.165, 1.54) is 25.7 Å². The Hall–Kier alpha value is -1.50. The Balaban J connectivity index is 1.86. The zero-order valence-electron chi connectivity index (χ0n) is 9.98. The van der Waals surface area contributed by atoms with Gasteiger partial charge in [-0.1, -0.05) is 6.42 Å². The molecule has 2 heterocycles. The van der Waals surface area contributed by atoms with Crippen molar-refractivity contribution in [2.45, 2.75) is 44.4 Å². The Kier molecular flexibility index (Phi) is 2.76. The van der Waals surface area contributed by atoms with E-state index in [-0.39, 0.29) is 0 Å². The lowest BCUT2D eigenvalue weighted by Gasteiger charge is -2.26. The van der Waals surface area contributed by atoms with E-state index >= 15 is 0 Å². The Morgan fingerprint density at radius 1 is 1.18 bits per heavy atom. The molecule has 4 nitrogen and oxygen atoms in total. The zero-order chi connectivity index (χ0) is 11.7. The molecule has 2 fully saturated rings. The first-order valence-electron chi connectivity index (χ1n) is 6.54. The van der Waals surface area contributed by atoms with Gasteiger partial charge in [-0.05, 0) is 32.1 Å². The van der Waals surface area contributed by atoms with Gasteiger partial charge in [0.05, 0.1) is 0 Å². The average molecular weight is 231 g/mol. The number of piperidine rings is 1. The van der Waals surface area contributed by atoms with Gasteiger partial charge in [0.2, 0.25) is 17.5 Å². The molecule has 0 bridgehead atoms. The Morgan fingerprint density at radius 2 is 1.94 bits per heavy atom. The van der Waals surface area contributed by atoms with E-state index in [1.54, 1.807) is 0 Å². The topological polar surface area (TPSA) is 53.1 Å². The smallest absolute Gasteiger partial charge is 0.234 e. The lowest BCUT2D eigenvalue weighted by molar-refractivity contribution is 0.333. The maximum absolute atomic E-state index is 9.14. The second-order valence-electron chi connectivity index (χ2n) is 4.99. The zero-order valence-corrected chi connectivity index (χ0v) is 9.98. The van der Waals surface area contributed by atoms with Gasteiger partial charge in [-0.2, -0.15) is 5.26 Å². The predicted molar refractivity (Wildman–Crippen MR) is 63.9 cm³/mol. The van der Waals surface area contributed by atoms with Crippen LogP contribution in [0.1, 0.15) is 56.0 Å². The fourth-order valence-corrected chi connectivity index (χ4v) is 2.54. The molecule has 90 valence electrons. The van der Waals surface area contributed by atoms with Crippen molar-refractivity contribution in [2.24, 2.45) is 0 Å². The summed E-state index contributed by atoms with van der Waals surface area (Å²) in [5, 5.41) is 9.14. The summed E-state index contributed by atoms with van der Waals surface area (Å²) < 4.78 is 5.84. The molecule has 0 atom stereocenters. The molecular formula is C13H17N3O. The van der Waals surface area contributed by atoms with Crippen LogP contribution >= 0.6 is 0 Å². The number of rotatable bonds is 2. The molecule has 1 saturated heterocycles. The number of hydrogen-bond donors (Lipinski definition) is 0. The molecule has 0 aromatic carbocycles. The minimum atomic E-state index is 0.459. The van der Waals surface area contributed by atoms with E-state index in [4.69, 9.17) is 9.68 Å². The highest BCUT2D eigenvalue weighted by Crippen LogP contribution is 2.38. The summed E-state index contributed by atoms with van der Waals surface area (Å²) in [6.07, 6.45) is 7.22. The third-order valence-corrected chi connectivity index (χ3v) is 3.83. The number of anilines is 1. The average Bonchev–Trinajstić information content (AvgIpc) is 2.72. The van der Waals surface area contributed by atoms with Crippen molar-refractivity contribution < 1.29 is 4.42 Å². The second kappa shape index (κ2) is 4.40. The fourth-order valence-electron chi connectivity index (χ4n) is 2.54. The molecular weight excluding hydrogens is 214 g/mol. The molecule has 0 amide bonds. The van der Waals surface area contributed by atoms with Gasteiger partial charge in [-0.3, -0.25) is 0 Å². The molecule has 0 spiro atoms. The van der Waals surface area contributed by atoms with Crippen LogP contribution in [0.2, 0.25) is 0 Å². The SMILES string of the molecule is N#Cc1nc(C2CCC2)oc1N1CCCCC1. The Labute approximate surface area is 101 Å². The molecule has 1 aliphatic heterocycles. The minimum absolute atomic E-state index is 0.459. The maximum Gasteiger partial charge on any atom is 0.234 e. The molecule has 1 saturated carbocycles. The van der Waals surface area contributed by atoms with Crippen molar-refractivity contribution in [2.75, 3.05) is 18.0 Å². The molecule has 0 radical (unpaired) electrons. The number of aromatic nitrogens is 1. The van der Waals surface area contributed by atoms with Crippen LogP contribution in [0.3, 0.4) is 0 Å². The van der Waals surface area contributed by atoms with Crippen molar-refractivity contribution in [1.82, 2.24) is 4.98 Å². The van der Waals surface area contributed by atoms with Crippen molar-refractivity contribution in [1.29, 1.82) is 5.26 Å². The number of nitriles is 1. The van der Waals surface area contributed by atoms with Gasteiger partial charge in [0.15, 0.2) is 0 Å². The van der Waals surface area contributed by atoms with Crippen molar-refractivity contribution >= 4 is 5.88 Å². The third-order valence-electron chi connectivity index (χ3n) is 3.83. The summed E-state index contributed by atoms with van der Waals surface area (Å²) in [6, 6.07) is 2.17. The van der Waals surface area contributed by atoms with E-state index in [0.717, 1.165) is 31.8 Å².